The van der Waals surface area contributed by atoms with E-state index in [1.807, 2.05) is 30.3 Å². The van der Waals surface area contributed by atoms with E-state index in [1.165, 1.54) is 25.3 Å². The van der Waals surface area contributed by atoms with Crippen LogP contribution in [-0.4, -0.2) is 18.0 Å². The van der Waals surface area contributed by atoms with E-state index < -0.39 is 0 Å². The molecule has 2 aromatic rings. The highest BCUT2D eigenvalue weighted by Crippen LogP contribution is 2.23. The molecule has 0 amide bonds. The summed E-state index contributed by atoms with van der Waals surface area (Å²) in [5.74, 6) is 0.220. The van der Waals surface area contributed by atoms with Crippen LogP contribution in [0, 0.1) is 0 Å². The van der Waals surface area contributed by atoms with E-state index in [-0.39, 0.29) is 17.1 Å². The predicted octanol–water partition coefficient (Wildman–Crippen LogP) is 3.30. The Kier molecular flexibility index (Phi) is 3.98. The fourth-order valence-corrected chi connectivity index (χ4v) is 1.67. The van der Waals surface area contributed by atoms with Crippen LogP contribution in [0.25, 0.3) is 6.08 Å². The number of aromatic hydroxyl groups is 1. The first-order chi connectivity index (χ1) is 9.20. The highest BCUT2D eigenvalue weighted by atomic mass is 16.5. The Labute approximate surface area is 111 Å². The molecule has 0 unspecified atom stereocenters. The van der Waals surface area contributed by atoms with Crippen molar-refractivity contribution in [3.05, 3.63) is 65.7 Å². The van der Waals surface area contributed by atoms with Gasteiger partial charge < -0.3 is 9.84 Å². The van der Waals surface area contributed by atoms with Crippen LogP contribution < -0.4 is 4.74 Å². The average Bonchev–Trinajstić information content (AvgIpc) is 2.46. The molecule has 0 fully saturated rings. The highest BCUT2D eigenvalue weighted by Gasteiger charge is 2.09. The van der Waals surface area contributed by atoms with Crippen LogP contribution in [0.5, 0.6) is 11.5 Å². The number of allylic oxidation sites excluding steroid dienone is 1. The van der Waals surface area contributed by atoms with Crippen LogP contribution >= 0.6 is 0 Å². The van der Waals surface area contributed by atoms with Gasteiger partial charge in [0.25, 0.3) is 0 Å². The molecule has 0 aliphatic heterocycles. The second-order valence-corrected chi connectivity index (χ2v) is 3.99. The third-order valence-corrected chi connectivity index (χ3v) is 2.70. The van der Waals surface area contributed by atoms with Crippen LogP contribution in [0.15, 0.2) is 54.6 Å². The van der Waals surface area contributed by atoms with Crippen molar-refractivity contribution < 1.29 is 14.6 Å². The lowest BCUT2D eigenvalue weighted by Crippen LogP contribution is -1.96. The van der Waals surface area contributed by atoms with Gasteiger partial charge in [-0.15, -0.1) is 0 Å². The molecule has 3 heteroatoms. The summed E-state index contributed by atoms with van der Waals surface area (Å²) >= 11 is 0. The molecule has 96 valence electrons. The largest absolute Gasteiger partial charge is 0.507 e. The second kappa shape index (κ2) is 5.87. The van der Waals surface area contributed by atoms with Crippen molar-refractivity contribution in [1.82, 2.24) is 0 Å². The topological polar surface area (TPSA) is 46.5 Å². The molecule has 19 heavy (non-hydrogen) atoms. The maximum Gasteiger partial charge on any atom is 0.189 e. The molecular weight excluding hydrogens is 240 g/mol. The van der Waals surface area contributed by atoms with Gasteiger partial charge in [-0.3, -0.25) is 4.79 Å². The number of phenolic OH excluding ortho intramolecular Hbond substituents is 1. The summed E-state index contributed by atoms with van der Waals surface area (Å²) in [4.78, 5) is 12.0. The van der Waals surface area contributed by atoms with Gasteiger partial charge in [0.15, 0.2) is 5.78 Å². The molecule has 1 N–H and O–H groups in total. The van der Waals surface area contributed by atoms with Gasteiger partial charge in [0.2, 0.25) is 0 Å². The molecule has 0 heterocycles. The van der Waals surface area contributed by atoms with Gasteiger partial charge in [0, 0.05) is 0 Å². The van der Waals surface area contributed by atoms with Crippen LogP contribution in [0.2, 0.25) is 0 Å². The van der Waals surface area contributed by atoms with Gasteiger partial charge in [-0.25, -0.2) is 0 Å². The van der Waals surface area contributed by atoms with Crippen molar-refractivity contribution >= 4 is 11.9 Å². The Morgan fingerprint density at radius 2 is 1.89 bits per heavy atom. The smallest absolute Gasteiger partial charge is 0.189 e. The summed E-state index contributed by atoms with van der Waals surface area (Å²) in [7, 11) is 1.51. The summed E-state index contributed by atoms with van der Waals surface area (Å²) in [6.07, 6.45) is 3.14. The first-order valence-electron chi connectivity index (χ1n) is 5.85. The first-order valence-corrected chi connectivity index (χ1v) is 5.85. The zero-order valence-corrected chi connectivity index (χ0v) is 10.5. The van der Waals surface area contributed by atoms with Crippen LogP contribution in [0.1, 0.15) is 15.9 Å². The number of phenols is 1. The number of rotatable bonds is 4. The lowest BCUT2D eigenvalue weighted by atomic mass is 10.1. The number of hydrogen-bond acceptors (Lipinski definition) is 3. The monoisotopic (exact) mass is 254 g/mol. The molecule has 2 aromatic carbocycles. The van der Waals surface area contributed by atoms with E-state index in [0.717, 1.165) is 5.56 Å². The van der Waals surface area contributed by atoms with Crippen molar-refractivity contribution in [2.75, 3.05) is 7.11 Å². The quantitative estimate of drug-likeness (QED) is 0.672. The molecule has 3 nitrogen and oxygen atoms in total. The Bertz CT molecular complexity index is 601. The fourth-order valence-electron chi connectivity index (χ4n) is 1.67. The van der Waals surface area contributed by atoms with Gasteiger partial charge in [-0.1, -0.05) is 36.4 Å². The van der Waals surface area contributed by atoms with Gasteiger partial charge in [0.1, 0.15) is 11.5 Å². The second-order valence-electron chi connectivity index (χ2n) is 3.99. The van der Waals surface area contributed by atoms with Crippen molar-refractivity contribution in [2.24, 2.45) is 0 Å². The van der Waals surface area contributed by atoms with Crippen molar-refractivity contribution in [2.45, 2.75) is 0 Å². The third-order valence-electron chi connectivity index (χ3n) is 2.70. The van der Waals surface area contributed by atoms with E-state index >= 15 is 0 Å². The number of benzene rings is 2. The van der Waals surface area contributed by atoms with Gasteiger partial charge in [0.05, 0.1) is 12.7 Å². The fraction of sp³-hybridized carbons (Fsp3) is 0.0625. The third kappa shape index (κ3) is 3.22. The molecule has 0 spiro atoms. The molecule has 2 rings (SSSR count). The van der Waals surface area contributed by atoms with Gasteiger partial charge >= 0.3 is 0 Å². The predicted molar refractivity (Wildman–Crippen MR) is 74.5 cm³/mol. The van der Waals surface area contributed by atoms with Crippen molar-refractivity contribution in [3.63, 3.8) is 0 Å². The zero-order valence-electron chi connectivity index (χ0n) is 10.5. The summed E-state index contributed by atoms with van der Waals surface area (Å²) in [5, 5.41) is 9.69. The molecule has 0 aromatic heterocycles. The summed E-state index contributed by atoms with van der Waals surface area (Å²) in [6, 6.07) is 14.1. The highest BCUT2D eigenvalue weighted by molar-refractivity contribution is 6.08. The first kappa shape index (κ1) is 12.9. The van der Waals surface area contributed by atoms with Crippen LogP contribution in [0.4, 0.5) is 0 Å². The van der Waals surface area contributed by atoms with Crippen LogP contribution in [-0.2, 0) is 0 Å². The summed E-state index contributed by atoms with van der Waals surface area (Å²) in [5.41, 5.74) is 1.16. The molecular formula is C16H14O3. The standard InChI is InChI=1S/C16H14O3/c1-19-13-8-10-16(18)14(11-13)15(17)9-7-12-5-3-2-4-6-12/h2-11,18H,1H3/b9-7+. The number of ether oxygens (including phenoxy) is 1. The van der Waals surface area contributed by atoms with Crippen LogP contribution in [0.3, 0.4) is 0 Å². The Hall–Kier alpha value is -2.55. The van der Waals surface area contributed by atoms with E-state index in [1.54, 1.807) is 12.1 Å². The molecule has 0 radical (unpaired) electrons. The van der Waals surface area contributed by atoms with Gasteiger partial charge in [-0.2, -0.15) is 0 Å². The minimum Gasteiger partial charge on any atom is -0.507 e. The lowest BCUT2D eigenvalue weighted by molar-refractivity contribution is 0.104. The van der Waals surface area contributed by atoms with Gasteiger partial charge in [-0.05, 0) is 29.8 Å². The lowest BCUT2D eigenvalue weighted by Gasteiger charge is -2.04. The normalized spacial score (nSPS) is 10.6. The van der Waals surface area contributed by atoms with E-state index in [0.29, 0.717) is 5.75 Å². The van der Waals surface area contributed by atoms with E-state index in [9.17, 15) is 9.90 Å². The Morgan fingerprint density at radius 3 is 2.58 bits per heavy atom. The summed E-state index contributed by atoms with van der Waals surface area (Å²) in [6.45, 7) is 0. The molecule has 0 aliphatic carbocycles. The van der Waals surface area contributed by atoms with Crippen molar-refractivity contribution in [1.29, 1.82) is 0 Å². The minimum absolute atomic E-state index is 0.0523. The minimum atomic E-state index is -0.264. The Balaban J connectivity index is 2.23. The maximum absolute atomic E-state index is 12.0. The number of hydrogen-bond donors (Lipinski definition) is 1. The molecule has 0 saturated heterocycles. The number of carbonyl (C=O) groups is 1. The van der Waals surface area contributed by atoms with Crippen molar-refractivity contribution in [3.8, 4) is 11.5 Å². The number of ketones is 1. The molecule has 0 aliphatic rings. The van der Waals surface area contributed by atoms with E-state index in [2.05, 4.69) is 0 Å². The summed E-state index contributed by atoms with van der Waals surface area (Å²) < 4.78 is 5.04. The Morgan fingerprint density at radius 1 is 1.16 bits per heavy atom. The zero-order chi connectivity index (χ0) is 13.7. The van der Waals surface area contributed by atoms with E-state index in [4.69, 9.17) is 4.74 Å². The molecule has 0 atom stereocenters. The number of carbonyl (C=O) groups excluding carboxylic acids is 1. The SMILES string of the molecule is COc1ccc(O)c(C(=O)/C=C/c2ccccc2)c1. The number of methoxy groups -OCH3 is 1. The maximum atomic E-state index is 12.0. The molecule has 0 saturated carbocycles. The average molecular weight is 254 g/mol. The molecule has 0 bridgehead atoms.